The Morgan fingerprint density at radius 2 is 1.94 bits per heavy atom. The molecule has 1 aliphatic rings. The van der Waals surface area contributed by atoms with Gasteiger partial charge in [0.15, 0.2) is 0 Å². The van der Waals surface area contributed by atoms with Crippen molar-refractivity contribution in [1.82, 2.24) is 4.90 Å². The first kappa shape index (κ1) is 22.8. The number of hydrogen-bond acceptors (Lipinski definition) is 8. The summed E-state index contributed by atoms with van der Waals surface area (Å²) in [5, 5.41) is 13.2. The number of carbonyl (C=O) groups excluding carboxylic acids is 3. The van der Waals surface area contributed by atoms with Gasteiger partial charge in [-0.05, 0) is 42.1 Å². The van der Waals surface area contributed by atoms with Gasteiger partial charge in [0, 0.05) is 23.9 Å². The first-order chi connectivity index (χ1) is 16.4. The summed E-state index contributed by atoms with van der Waals surface area (Å²) in [5.74, 6) is -0.218. The Morgan fingerprint density at radius 1 is 1.18 bits per heavy atom. The summed E-state index contributed by atoms with van der Waals surface area (Å²) in [7, 11) is 1.43. The second-order valence-electron chi connectivity index (χ2n) is 7.03. The summed E-state index contributed by atoms with van der Waals surface area (Å²) in [6.45, 7) is -0.425. The predicted octanol–water partition coefficient (Wildman–Crippen LogP) is 4.54. The molecule has 172 valence electrons. The molecule has 1 aromatic heterocycles. The number of furan rings is 1. The third-order valence-electron chi connectivity index (χ3n) is 4.79. The van der Waals surface area contributed by atoms with Gasteiger partial charge in [0.25, 0.3) is 16.8 Å². The lowest BCUT2D eigenvalue weighted by molar-refractivity contribution is -0.384. The van der Waals surface area contributed by atoms with E-state index < -0.39 is 28.5 Å². The van der Waals surface area contributed by atoms with E-state index in [0.29, 0.717) is 28.8 Å². The van der Waals surface area contributed by atoms with Crippen LogP contribution < -0.4 is 10.1 Å². The van der Waals surface area contributed by atoms with Crippen LogP contribution in [0.1, 0.15) is 5.76 Å². The molecule has 0 spiro atoms. The lowest BCUT2D eigenvalue weighted by Crippen LogP contribution is -2.36. The SMILES string of the molecule is COc1ccc([N+](=O)[O-])cc1-c1ccc(/C=C2\SC(=O)N(CC(=O)Nc3ccccc3)C2=O)o1. The van der Waals surface area contributed by atoms with Crippen molar-refractivity contribution in [3.63, 3.8) is 0 Å². The molecule has 11 heteroatoms. The number of ether oxygens (including phenoxy) is 1. The number of nitrogens with zero attached hydrogens (tertiary/aromatic N) is 2. The number of carbonyl (C=O) groups is 3. The fourth-order valence-corrected chi connectivity index (χ4v) is 4.03. The summed E-state index contributed by atoms with van der Waals surface area (Å²) < 4.78 is 11.0. The molecule has 2 aromatic carbocycles. The number of imide groups is 1. The van der Waals surface area contributed by atoms with Crippen LogP contribution >= 0.6 is 11.8 Å². The van der Waals surface area contributed by atoms with Crippen molar-refractivity contribution in [1.29, 1.82) is 0 Å². The molecule has 0 radical (unpaired) electrons. The van der Waals surface area contributed by atoms with Gasteiger partial charge in [0.1, 0.15) is 23.8 Å². The summed E-state index contributed by atoms with van der Waals surface area (Å²) in [4.78, 5) is 48.8. The van der Waals surface area contributed by atoms with Gasteiger partial charge in [-0.25, -0.2) is 0 Å². The Morgan fingerprint density at radius 3 is 2.65 bits per heavy atom. The predicted molar refractivity (Wildman–Crippen MR) is 125 cm³/mol. The maximum absolute atomic E-state index is 12.7. The van der Waals surface area contributed by atoms with Crippen molar-refractivity contribution < 1.29 is 28.5 Å². The van der Waals surface area contributed by atoms with Gasteiger partial charge in [-0.15, -0.1) is 0 Å². The number of methoxy groups -OCH3 is 1. The largest absolute Gasteiger partial charge is 0.496 e. The summed E-state index contributed by atoms with van der Waals surface area (Å²) in [5.41, 5.74) is 0.778. The zero-order valence-corrected chi connectivity index (χ0v) is 18.5. The number of benzene rings is 2. The summed E-state index contributed by atoms with van der Waals surface area (Å²) in [6, 6.07) is 15.9. The van der Waals surface area contributed by atoms with Crippen molar-refractivity contribution >= 4 is 46.3 Å². The zero-order chi connectivity index (χ0) is 24.2. The monoisotopic (exact) mass is 479 g/mol. The van der Waals surface area contributed by atoms with Crippen LogP contribution in [0.15, 0.2) is 70.0 Å². The first-order valence-electron chi connectivity index (χ1n) is 9.88. The lowest BCUT2D eigenvalue weighted by atomic mass is 10.1. The van der Waals surface area contributed by atoms with E-state index in [-0.39, 0.29) is 22.1 Å². The van der Waals surface area contributed by atoms with Gasteiger partial charge in [0.05, 0.1) is 22.5 Å². The van der Waals surface area contributed by atoms with Crippen LogP contribution in [0.4, 0.5) is 16.2 Å². The quantitative estimate of drug-likeness (QED) is 0.297. The van der Waals surface area contributed by atoms with Crippen LogP contribution in [-0.2, 0) is 9.59 Å². The number of non-ortho nitro benzene ring substituents is 1. The van der Waals surface area contributed by atoms with Gasteiger partial charge < -0.3 is 14.5 Å². The average molecular weight is 479 g/mol. The highest BCUT2D eigenvalue weighted by molar-refractivity contribution is 8.18. The van der Waals surface area contributed by atoms with Crippen LogP contribution in [0, 0.1) is 10.1 Å². The van der Waals surface area contributed by atoms with Gasteiger partial charge >= 0.3 is 0 Å². The Bertz CT molecular complexity index is 1320. The van der Waals surface area contributed by atoms with Crippen molar-refractivity contribution in [3.8, 4) is 17.1 Å². The second-order valence-corrected chi connectivity index (χ2v) is 8.02. The number of para-hydroxylation sites is 1. The molecule has 2 heterocycles. The number of amides is 3. The minimum absolute atomic E-state index is 0.0874. The van der Waals surface area contributed by atoms with Crippen LogP contribution in [0.25, 0.3) is 17.4 Å². The number of nitrogens with one attached hydrogen (secondary N) is 1. The van der Waals surface area contributed by atoms with Crippen molar-refractivity contribution in [2.75, 3.05) is 19.0 Å². The van der Waals surface area contributed by atoms with Crippen LogP contribution in [0.5, 0.6) is 5.75 Å². The Kier molecular flexibility index (Phi) is 6.46. The molecule has 3 aromatic rings. The van der Waals surface area contributed by atoms with E-state index in [9.17, 15) is 24.5 Å². The first-order valence-corrected chi connectivity index (χ1v) is 10.7. The van der Waals surface area contributed by atoms with Gasteiger partial charge in [0.2, 0.25) is 5.91 Å². The van der Waals surface area contributed by atoms with Gasteiger partial charge in [-0.3, -0.25) is 29.4 Å². The second kappa shape index (κ2) is 9.63. The van der Waals surface area contributed by atoms with Crippen LogP contribution in [0.2, 0.25) is 0 Å². The summed E-state index contributed by atoms with van der Waals surface area (Å²) >= 11 is 0.689. The molecule has 3 amide bonds. The Labute approximate surface area is 197 Å². The molecule has 4 rings (SSSR count). The zero-order valence-electron chi connectivity index (χ0n) is 17.7. The Balaban J connectivity index is 1.51. The normalized spacial score (nSPS) is 14.5. The smallest absolute Gasteiger partial charge is 0.294 e. The number of nitro benzene ring substituents is 1. The standard InChI is InChI=1S/C23H17N3O7S/c1-32-18-9-7-15(26(30)31)11-17(18)19-10-8-16(33-19)12-20-22(28)25(23(29)34-20)13-21(27)24-14-5-3-2-4-6-14/h2-12H,13H2,1H3,(H,24,27)/b20-12-. The van der Waals surface area contributed by atoms with Gasteiger partial charge in [-0.1, -0.05) is 18.2 Å². The van der Waals surface area contributed by atoms with E-state index >= 15 is 0 Å². The topological polar surface area (TPSA) is 132 Å². The van der Waals surface area contributed by atoms with Crippen LogP contribution in [-0.4, -0.2) is 40.5 Å². The highest BCUT2D eigenvalue weighted by atomic mass is 32.2. The minimum Gasteiger partial charge on any atom is -0.496 e. The molecular weight excluding hydrogens is 462 g/mol. The number of hydrogen-bond donors (Lipinski definition) is 1. The molecule has 0 atom stereocenters. The van der Waals surface area contributed by atoms with Crippen LogP contribution in [0.3, 0.4) is 0 Å². The number of nitro groups is 1. The molecule has 0 saturated carbocycles. The van der Waals surface area contributed by atoms with Crippen molar-refractivity contribution in [2.45, 2.75) is 0 Å². The molecule has 0 bridgehead atoms. The minimum atomic E-state index is -0.621. The fourth-order valence-electron chi connectivity index (χ4n) is 3.21. The van der Waals surface area contributed by atoms with Gasteiger partial charge in [-0.2, -0.15) is 0 Å². The fraction of sp³-hybridized carbons (Fsp3) is 0.0870. The number of anilines is 1. The highest BCUT2D eigenvalue weighted by Crippen LogP contribution is 2.36. The van der Waals surface area contributed by atoms with Crippen molar-refractivity contribution in [2.24, 2.45) is 0 Å². The molecule has 0 aliphatic carbocycles. The Hall–Kier alpha value is -4.38. The maximum atomic E-state index is 12.7. The van der Waals surface area contributed by atoms with E-state index in [1.807, 2.05) is 0 Å². The molecule has 34 heavy (non-hydrogen) atoms. The molecular formula is C23H17N3O7S. The molecule has 1 saturated heterocycles. The molecule has 1 aliphatic heterocycles. The van der Waals surface area contributed by atoms with E-state index in [1.54, 1.807) is 42.5 Å². The third-order valence-corrected chi connectivity index (χ3v) is 5.70. The average Bonchev–Trinajstić information content (AvgIpc) is 3.39. The number of rotatable bonds is 7. The lowest BCUT2D eigenvalue weighted by Gasteiger charge is -2.12. The molecule has 1 N–H and O–H groups in total. The van der Waals surface area contributed by atoms with E-state index in [0.717, 1.165) is 4.90 Å². The van der Waals surface area contributed by atoms with E-state index in [2.05, 4.69) is 5.32 Å². The maximum Gasteiger partial charge on any atom is 0.294 e. The molecule has 10 nitrogen and oxygen atoms in total. The highest BCUT2D eigenvalue weighted by Gasteiger charge is 2.36. The number of thioether (sulfide) groups is 1. The van der Waals surface area contributed by atoms with E-state index in [1.165, 1.54) is 31.4 Å². The van der Waals surface area contributed by atoms with Crippen molar-refractivity contribution in [3.05, 3.63) is 81.4 Å². The molecule has 0 unspecified atom stereocenters. The summed E-state index contributed by atoms with van der Waals surface area (Å²) in [6.07, 6.45) is 1.38. The molecule has 1 fully saturated rings. The van der Waals surface area contributed by atoms with E-state index in [4.69, 9.17) is 9.15 Å². The third kappa shape index (κ3) is 4.84.